The molecule has 1 aromatic carbocycles. The van der Waals surface area contributed by atoms with Crippen LogP contribution in [-0.2, 0) is 27.7 Å². The number of pyridine rings is 1. The summed E-state index contributed by atoms with van der Waals surface area (Å²) in [5.74, 6) is 0.317. The van der Waals surface area contributed by atoms with E-state index >= 15 is 0 Å². The highest BCUT2D eigenvalue weighted by Crippen LogP contribution is 2.28. The van der Waals surface area contributed by atoms with Gasteiger partial charge in [0.2, 0.25) is 5.95 Å². The molecular formula is C26H26N8O4S2. The third-order valence-electron chi connectivity index (χ3n) is 5.81. The number of anilines is 3. The van der Waals surface area contributed by atoms with Gasteiger partial charge in [0, 0.05) is 12.5 Å². The molecule has 0 aliphatic carbocycles. The van der Waals surface area contributed by atoms with Crippen LogP contribution in [0.25, 0.3) is 11.2 Å². The number of carbonyl (C=O) groups excluding carboxylic acids is 1. The maximum atomic E-state index is 12.3. The van der Waals surface area contributed by atoms with Crippen LogP contribution in [-0.4, -0.2) is 56.7 Å². The molecule has 206 valence electrons. The highest BCUT2D eigenvalue weighted by Gasteiger charge is 2.19. The molecule has 14 heteroatoms. The molecule has 0 bridgehead atoms. The van der Waals surface area contributed by atoms with Crippen molar-refractivity contribution in [3.63, 3.8) is 0 Å². The second-order valence-corrected chi connectivity index (χ2v) is 11.8. The van der Waals surface area contributed by atoms with Crippen molar-refractivity contribution >= 4 is 55.2 Å². The fourth-order valence-corrected chi connectivity index (χ4v) is 5.37. The van der Waals surface area contributed by atoms with Gasteiger partial charge in [-0.1, -0.05) is 29.5 Å². The molecule has 0 amide bonds. The monoisotopic (exact) mass is 578 g/mol. The van der Waals surface area contributed by atoms with Gasteiger partial charge in [-0.2, -0.15) is 9.97 Å². The molecule has 2 N–H and O–H groups in total. The van der Waals surface area contributed by atoms with Crippen molar-refractivity contribution in [1.29, 1.82) is 0 Å². The van der Waals surface area contributed by atoms with E-state index < -0.39 is 15.8 Å². The summed E-state index contributed by atoms with van der Waals surface area (Å²) in [6, 6.07) is 12.3. The molecular weight excluding hydrogens is 552 g/mol. The number of benzene rings is 1. The summed E-state index contributed by atoms with van der Waals surface area (Å²) in [7, 11) is -3.29. The zero-order valence-electron chi connectivity index (χ0n) is 22.0. The first-order valence-corrected chi connectivity index (χ1v) is 15.0. The third-order valence-corrected chi connectivity index (χ3v) is 7.99. The van der Waals surface area contributed by atoms with Crippen molar-refractivity contribution < 1.29 is 17.9 Å². The van der Waals surface area contributed by atoms with E-state index in [4.69, 9.17) is 9.72 Å². The molecule has 0 saturated carbocycles. The predicted octanol–water partition coefficient (Wildman–Crippen LogP) is 3.97. The Hall–Kier alpha value is -4.43. The largest absolute Gasteiger partial charge is 0.462 e. The number of rotatable bonds is 10. The zero-order valence-corrected chi connectivity index (χ0v) is 23.6. The van der Waals surface area contributed by atoms with Gasteiger partial charge in [-0.05, 0) is 43.7 Å². The molecule has 0 aliphatic rings. The fourth-order valence-electron chi connectivity index (χ4n) is 3.89. The molecule has 0 atom stereocenters. The lowest BCUT2D eigenvalue weighted by molar-refractivity contribution is 0.0531. The van der Waals surface area contributed by atoms with Gasteiger partial charge in [0.15, 0.2) is 32.0 Å². The van der Waals surface area contributed by atoms with Gasteiger partial charge in [-0.25, -0.2) is 23.2 Å². The Balaban J connectivity index is 1.49. The standard InChI is InChI=1S/C26H26N8O4S2/c1-4-38-24(35)21-16(2)30-26(39-21)33-25-31-22(28-13-18-7-5-6-12-27-18)20-23(32-25)34(15-29-20)14-17-8-10-19(11-9-17)40(3,36)37/h5-12,15H,4,13-14H2,1-3H3,(H2,28,30,31,32,33). The number of hydrogen-bond donors (Lipinski definition) is 2. The van der Waals surface area contributed by atoms with Crippen molar-refractivity contribution in [2.24, 2.45) is 0 Å². The van der Waals surface area contributed by atoms with Gasteiger partial charge in [0.1, 0.15) is 4.88 Å². The Morgan fingerprint density at radius 2 is 1.88 bits per heavy atom. The molecule has 0 saturated heterocycles. The average Bonchev–Trinajstić information content (AvgIpc) is 3.50. The summed E-state index contributed by atoms with van der Waals surface area (Å²) in [5.41, 5.74) is 3.34. The number of imidazole rings is 1. The van der Waals surface area contributed by atoms with Crippen LogP contribution >= 0.6 is 11.3 Å². The lowest BCUT2D eigenvalue weighted by Gasteiger charge is -2.10. The van der Waals surface area contributed by atoms with E-state index in [0.717, 1.165) is 22.6 Å². The van der Waals surface area contributed by atoms with Crippen LogP contribution in [0, 0.1) is 6.92 Å². The maximum absolute atomic E-state index is 12.3. The van der Waals surface area contributed by atoms with Crippen molar-refractivity contribution in [2.45, 2.75) is 31.8 Å². The SMILES string of the molecule is CCOC(=O)c1sc(Nc2nc(NCc3ccccn3)c3ncn(Cc4ccc(S(C)(=O)=O)cc4)c3n2)nc1C. The van der Waals surface area contributed by atoms with Crippen LogP contribution in [0.15, 0.2) is 59.9 Å². The number of aromatic nitrogens is 6. The number of carbonyl (C=O) groups is 1. The molecule has 12 nitrogen and oxygen atoms in total. The van der Waals surface area contributed by atoms with E-state index in [-0.39, 0.29) is 17.5 Å². The summed E-state index contributed by atoms with van der Waals surface area (Å²) in [6.07, 6.45) is 4.55. The number of aryl methyl sites for hydroxylation is 1. The van der Waals surface area contributed by atoms with E-state index in [0.29, 0.717) is 45.8 Å². The summed E-state index contributed by atoms with van der Waals surface area (Å²) >= 11 is 1.16. The third kappa shape index (κ3) is 6.07. The number of esters is 1. The number of nitrogens with one attached hydrogen (secondary N) is 2. The Morgan fingerprint density at radius 3 is 2.58 bits per heavy atom. The van der Waals surface area contributed by atoms with Gasteiger partial charge >= 0.3 is 5.97 Å². The van der Waals surface area contributed by atoms with Crippen LogP contribution in [0.5, 0.6) is 0 Å². The van der Waals surface area contributed by atoms with Crippen LogP contribution in [0.2, 0.25) is 0 Å². The highest BCUT2D eigenvalue weighted by molar-refractivity contribution is 7.90. The highest BCUT2D eigenvalue weighted by atomic mass is 32.2. The van der Waals surface area contributed by atoms with Crippen LogP contribution in [0.4, 0.5) is 16.9 Å². The molecule has 40 heavy (non-hydrogen) atoms. The second kappa shape index (κ2) is 11.4. The molecule has 0 aliphatic heterocycles. The van der Waals surface area contributed by atoms with Gasteiger partial charge in [0.25, 0.3) is 0 Å². The van der Waals surface area contributed by atoms with Gasteiger partial charge in [0.05, 0.1) is 42.3 Å². The number of thiazole rings is 1. The Bertz CT molecular complexity index is 1770. The molecule has 0 fully saturated rings. The number of ether oxygens (including phenoxy) is 1. The first kappa shape index (κ1) is 27.1. The molecule has 4 heterocycles. The van der Waals surface area contributed by atoms with Crippen molar-refractivity contribution in [1.82, 2.24) is 29.5 Å². The van der Waals surface area contributed by atoms with Gasteiger partial charge in [-0.3, -0.25) is 10.3 Å². The molecule has 0 radical (unpaired) electrons. The number of nitrogens with zero attached hydrogens (tertiary/aromatic N) is 6. The molecule has 5 aromatic rings. The minimum absolute atomic E-state index is 0.252. The first-order valence-electron chi connectivity index (χ1n) is 12.3. The fraction of sp³-hybridized carbons (Fsp3) is 0.231. The number of sulfone groups is 1. The normalized spacial score (nSPS) is 11.5. The molecule has 5 rings (SSSR count). The van der Waals surface area contributed by atoms with Crippen LogP contribution in [0.1, 0.15) is 33.5 Å². The summed E-state index contributed by atoms with van der Waals surface area (Å²) in [4.78, 5) is 35.6. The van der Waals surface area contributed by atoms with Gasteiger partial charge in [-0.15, -0.1) is 0 Å². The van der Waals surface area contributed by atoms with E-state index in [1.54, 1.807) is 50.6 Å². The Morgan fingerprint density at radius 1 is 1.07 bits per heavy atom. The van der Waals surface area contributed by atoms with E-state index in [2.05, 4.69) is 30.6 Å². The summed E-state index contributed by atoms with van der Waals surface area (Å²) in [6.45, 7) is 4.57. The van der Waals surface area contributed by atoms with Crippen molar-refractivity contribution in [3.05, 3.63) is 76.8 Å². The quantitative estimate of drug-likeness (QED) is 0.231. The zero-order chi connectivity index (χ0) is 28.3. The summed E-state index contributed by atoms with van der Waals surface area (Å²) in [5, 5.41) is 6.85. The molecule has 0 unspecified atom stereocenters. The number of hydrogen-bond acceptors (Lipinski definition) is 12. The van der Waals surface area contributed by atoms with Gasteiger partial charge < -0.3 is 14.6 Å². The maximum Gasteiger partial charge on any atom is 0.350 e. The lowest BCUT2D eigenvalue weighted by atomic mass is 10.2. The second-order valence-electron chi connectivity index (χ2n) is 8.81. The van der Waals surface area contributed by atoms with Crippen LogP contribution < -0.4 is 10.6 Å². The van der Waals surface area contributed by atoms with E-state index in [9.17, 15) is 13.2 Å². The topological polar surface area (TPSA) is 154 Å². The van der Waals surface area contributed by atoms with E-state index in [1.807, 2.05) is 22.8 Å². The smallest absolute Gasteiger partial charge is 0.350 e. The van der Waals surface area contributed by atoms with E-state index in [1.165, 1.54) is 6.26 Å². The average molecular weight is 579 g/mol. The first-order chi connectivity index (χ1) is 19.2. The predicted molar refractivity (Wildman–Crippen MR) is 152 cm³/mol. The summed E-state index contributed by atoms with van der Waals surface area (Å²) < 4.78 is 30.6. The number of fused-ring (bicyclic) bond motifs is 1. The van der Waals surface area contributed by atoms with Crippen molar-refractivity contribution in [3.8, 4) is 0 Å². The Kier molecular flexibility index (Phi) is 7.71. The van der Waals surface area contributed by atoms with Crippen molar-refractivity contribution in [2.75, 3.05) is 23.5 Å². The minimum atomic E-state index is -3.29. The van der Waals surface area contributed by atoms with Crippen LogP contribution in [0.3, 0.4) is 0 Å². The Labute approximate surface area is 234 Å². The minimum Gasteiger partial charge on any atom is -0.462 e. The lowest BCUT2D eigenvalue weighted by Crippen LogP contribution is -2.08. The molecule has 4 aromatic heterocycles. The molecule has 0 spiro atoms.